The smallest absolute Gasteiger partial charge is 0.0570 e. The second-order valence-electron chi connectivity index (χ2n) is 4.72. The Kier molecular flexibility index (Phi) is 3.37. The quantitative estimate of drug-likeness (QED) is 0.797. The van der Waals surface area contributed by atoms with Gasteiger partial charge in [-0.3, -0.25) is 4.98 Å². The summed E-state index contributed by atoms with van der Waals surface area (Å²) in [6.07, 6.45) is 6.05. The number of nitrogens with one attached hydrogen (secondary N) is 1. The van der Waals surface area contributed by atoms with E-state index in [1.807, 2.05) is 18.3 Å². The van der Waals surface area contributed by atoms with Crippen molar-refractivity contribution in [3.8, 4) is 0 Å². The van der Waals surface area contributed by atoms with Crippen molar-refractivity contribution in [3.05, 3.63) is 30.1 Å². The fraction of sp³-hybridized carbons (Fsp3) is 0.615. The van der Waals surface area contributed by atoms with E-state index >= 15 is 0 Å². The summed E-state index contributed by atoms with van der Waals surface area (Å²) < 4.78 is 0. The first-order valence-corrected chi connectivity index (χ1v) is 5.92. The molecule has 0 saturated heterocycles. The molecule has 1 aliphatic carbocycles. The number of hydrogen-bond donors (Lipinski definition) is 1. The van der Waals surface area contributed by atoms with Gasteiger partial charge < -0.3 is 5.32 Å². The van der Waals surface area contributed by atoms with Gasteiger partial charge in [0.1, 0.15) is 0 Å². The lowest BCUT2D eigenvalue weighted by Gasteiger charge is -2.19. The third-order valence-electron chi connectivity index (χ3n) is 3.05. The van der Waals surface area contributed by atoms with Crippen LogP contribution in [0.15, 0.2) is 24.4 Å². The summed E-state index contributed by atoms with van der Waals surface area (Å²) in [7, 11) is 0. The molecule has 1 saturated carbocycles. The van der Waals surface area contributed by atoms with Crippen LogP contribution in [-0.2, 0) is 0 Å². The molecule has 82 valence electrons. The largest absolute Gasteiger partial charge is 0.306 e. The summed E-state index contributed by atoms with van der Waals surface area (Å²) >= 11 is 0. The molecule has 1 fully saturated rings. The molecule has 1 aromatic rings. The Morgan fingerprint density at radius 1 is 1.40 bits per heavy atom. The van der Waals surface area contributed by atoms with Gasteiger partial charge in [-0.15, -0.1) is 0 Å². The highest BCUT2D eigenvalue weighted by Gasteiger charge is 2.24. The van der Waals surface area contributed by atoms with Crippen LogP contribution in [-0.4, -0.2) is 11.0 Å². The van der Waals surface area contributed by atoms with Gasteiger partial charge in [0, 0.05) is 18.3 Å². The molecule has 1 heterocycles. The normalized spacial score (nSPS) is 19.9. The fourth-order valence-corrected chi connectivity index (χ4v) is 2.07. The number of rotatable bonds is 5. The highest BCUT2D eigenvalue weighted by molar-refractivity contribution is 5.07. The first-order chi connectivity index (χ1) is 7.25. The van der Waals surface area contributed by atoms with Gasteiger partial charge >= 0.3 is 0 Å². The van der Waals surface area contributed by atoms with Crippen LogP contribution in [0.2, 0.25) is 0 Å². The number of pyridine rings is 1. The molecule has 0 aliphatic heterocycles. The van der Waals surface area contributed by atoms with Crippen molar-refractivity contribution in [1.82, 2.24) is 10.3 Å². The van der Waals surface area contributed by atoms with Crippen LogP contribution in [0.5, 0.6) is 0 Å². The third-order valence-corrected chi connectivity index (χ3v) is 3.05. The molecule has 1 N–H and O–H groups in total. The van der Waals surface area contributed by atoms with Gasteiger partial charge in [-0.05, 0) is 38.3 Å². The van der Waals surface area contributed by atoms with Crippen molar-refractivity contribution in [1.29, 1.82) is 0 Å². The maximum atomic E-state index is 4.36. The summed E-state index contributed by atoms with van der Waals surface area (Å²) in [6, 6.07) is 7.06. The fourth-order valence-electron chi connectivity index (χ4n) is 2.07. The molecule has 1 aliphatic rings. The summed E-state index contributed by atoms with van der Waals surface area (Å²) in [5.41, 5.74) is 1.14. The Hall–Kier alpha value is -0.890. The Morgan fingerprint density at radius 2 is 2.20 bits per heavy atom. The molecule has 1 unspecified atom stereocenters. The van der Waals surface area contributed by atoms with Gasteiger partial charge in [-0.25, -0.2) is 0 Å². The summed E-state index contributed by atoms with van der Waals surface area (Å²) in [5, 5.41) is 3.60. The van der Waals surface area contributed by atoms with Crippen molar-refractivity contribution in [3.63, 3.8) is 0 Å². The molecule has 15 heavy (non-hydrogen) atoms. The first kappa shape index (κ1) is 10.6. The zero-order chi connectivity index (χ0) is 10.7. The number of hydrogen-bond acceptors (Lipinski definition) is 2. The summed E-state index contributed by atoms with van der Waals surface area (Å²) in [4.78, 5) is 4.36. The summed E-state index contributed by atoms with van der Waals surface area (Å²) in [5.74, 6) is 0.989. The van der Waals surface area contributed by atoms with E-state index in [2.05, 4.69) is 30.2 Å². The third kappa shape index (κ3) is 3.31. The molecule has 0 bridgehead atoms. The lowest BCUT2D eigenvalue weighted by molar-refractivity contribution is 0.433. The van der Waals surface area contributed by atoms with Crippen LogP contribution in [0.25, 0.3) is 0 Å². The van der Waals surface area contributed by atoms with E-state index in [9.17, 15) is 0 Å². The van der Waals surface area contributed by atoms with Crippen LogP contribution in [0.1, 0.15) is 44.8 Å². The van der Waals surface area contributed by atoms with Gasteiger partial charge in [-0.2, -0.15) is 0 Å². The van der Waals surface area contributed by atoms with E-state index in [4.69, 9.17) is 0 Å². The van der Waals surface area contributed by atoms with Gasteiger partial charge in [0.25, 0.3) is 0 Å². The Bertz CT molecular complexity index is 293. The van der Waals surface area contributed by atoms with E-state index in [0.717, 1.165) is 11.6 Å². The zero-order valence-corrected chi connectivity index (χ0v) is 9.61. The topological polar surface area (TPSA) is 24.9 Å². The molecule has 2 heteroatoms. The van der Waals surface area contributed by atoms with Gasteiger partial charge in [0.2, 0.25) is 0 Å². The number of aromatic nitrogens is 1. The van der Waals surface area contributed by atoms with Crippen LogP contribution in [0, 0.1) is 5.92 Å². The van der Waals surface area contributed by atoms with Crippen molar-refractivity contribution in [2.45, 2.75) is 45.2 Å². The van der Waals surface area contributed by atoms with E-state index in [-0.39, 0.29) is 0 Å². The van der Waals surface area contributed by atoms with Crippen molar-refractivity contribution in [2.75, 3.05) is 0 Å². The minimum absolute atomic E-state index is 0.361. The second-order valence-corrected chi connectivity index (χ2v) is 4.72. The van der Waals surface area contributed by atoms with Crippen LogP contribution in [0.3, 0.4) is 0 Å². The van der Waals surface area contributed by atoms with Gasteiger partial charge in [0.05, 0.1) is 5.69 Å². The second kappa shape index (κ2) is 4.75. The first-order valence-electron chi connectivity index (χ1n) is 5.92. The van der Waals surface area contributed by atoms with Crippen molar-refractivity contribution >= 4 is 0 Å². The van der Waals surface area contributed by atoms with E-state index in [1.165, 1.54) is 19.3 Å². The standard InChI is InChI=1S/C13H20N2/c1-10(9-12-6-7-12)15-11(2)13-5-3-4-8-14-13/h3-5,8,10-12,15H,6-7,9H2,1-2H3/t10?,11-/m1/s1. The Labute approximate surface area is 92.1 Å². The molecule has 1 aromatic heterocycles. The van der Waals surface area contributed by atoms with Crippen molar-refractivity contribution in [2.24, 2.45) is 5.92 Å². The lowest BCUT2D eigenvalue weighted by Crippen LogP contribution is -2.29. The van der Waals surface area contributed by atoms with Gasteiger partial charge in [-0.1, -0.05) is 18.9 Å². The predicted molar refractivity (Wildman–Crippen MR) is 62.6 cm³/mol. The molecule has 2 rings (SSSR count). The molecule has 2 atom stereocenters. The Morgan fingerprint density at radius 3 is 2.80 bits per heavy atom. The SMILES string of the molecule is CC(CC1CC1)N[C@H](C)c1ccccn1. The minimum atomic E-state index is 0.361. The van der Waals surface area contributed by atoms with Crippen LogP contribution >= 0.6 is 0 Å². The average molecular weight is 204 g/mol. The molecule has 2 nitrogen and oxygen atoms in total. The maximum Gasteiger partial charge on any atom is 0.0570 e. The lowest BCUT2D eigenvalue weighted by atomic mass is 10.1. The molecular formula is C13H20N2. The molecule has 0 amide bonds. The predicted octanol–water partition coefficient (Wildman–Crippen LogP) is 2.92. The monoisotopic (exact) mass is 204 g/mol. The van der Waals surface area contributed by atoms with E-state index < -0.39 is 0 Å². The van der Waals surface area contributed by atoms with E-state index in [0.29, 0.717) is 12.1 Å². The highest BCUT2D eigenvalue weighted by atomic mass is 15.0. The average Bonchev–Trinajstić information content (AvgIpc) is 3.03. The van der Waals surface area contributed by atoms with Crippen molar-refractivity contribution < 1.29 is 0 Å². The maximum absolute atomic E-state index is 4.36. The molecule has 0 spiro atoms. The van der Waals surface area contributed by atoms with E-state index in [1.54, 1.807) is 0 Å². The van der Waals surface area contributed by atoms with Gasteiger partial charge in [0.15, 0.2) is 0 Å². The molecule has 0 aromatic carbocycles. The molecule has 0 radical (unpaired) electrons. The molecular weight excluding hydrogens is 184 g/mol. The zero-order valence-electron chi connectivity index (χ0n) is 9.61. The van der Waals surface area contributed by atoms with Crippen LogP contribution < -0.4 is 5.32 Å². The Balaban J connectivity index is 1.82. The van der Waals surface area contributed by atoms with Crippen LogP contribution in [0.4, 0.5) is 0 Å². The summed E-state index contributed by atoms with van der Waals surface area (Å²) in [6.45, 7) is 4.46. The number of nitrogens with zero attached hydrogens (tertiary/aromatic N) is 1. The minimum Gasteiger partial charge on any atom is -0.306 e. The highest BCUT2D eigenvalue weighted by Crippen LogP contribution is 2.33.